The summed E-state index contributed by atoms with van der Waals surface area (Å²) in [5.74, 6) is 0.621. The smallest absolute Gasteiger partial charge is 0.330 e. The van der Waals surface area contributed by atoms with Gasteiger partial charge in [-0.05, 0) is 20.8 Å². The van der Waals surface area contributed by atoms with Crippen molar-refractivity contribution in [3.05, 3.63) is 26.7 Å². The van der Waals surface area contributed by atoms with Gasteiger partial charge in [0, 0.05) is 6.04 Å². The highest BCUT2D eigenvalue weighted by molar-refractivity contribution is 5.69. The summed E-state index contributed by atoms with van der Waals surface area (Å²) in [6, 6.07) is -0.0421. The number of fused-ring (bicyclic) bond motifs is 1. The van der Waals surface area contributed by atoms with Gasteiger partial charge >= 0.3 is 5.69 Å². The molecule has 0 aromatic carbocycles. The maximum absolute atomic E-state index is 11.6. The number of hydrogen-bond donors (Lipinski definition) is 2. The first-order valence-electron chi connectivity index (χ1n) is 4.72. The van der Waals surface area contributed by atoms with Crippen molar-refractivity contribution >= 4 is 11.2 Å². The van der Waals surface area contributed by atoms with Gasteiger partial charge in [-0.25, -0.2) is 9.78 Å². The fourth-order valence-electron chi connectivity index (χ4n) is 1.61. The van der Waals surface area contributed by atoms with E-state index in [-0.39, 0.29) is 6.04 Å². The first kappa shape index (κ1) is 9.70. The van der Waals surface area contributed by atoms with Crippen LogP contribution in [0.4, 0.5) is 0 Å². The third-order valence-electron chi connectivity index (χ3n) is 2.21. The van der Waals surface area contributed by atoms with Crippen molar-refractivity contribution in [3.8, 4) is 0 Å². The average molecular weight is 208 g/mol. The SMILES string of the molecule is Cc1nc2c([nH]1)c(=O)[nH]c(=O)n2C(C)C. The van der Waals surface area contributed by atoms with Crippen LogP contribution in [0.1, 0.15) is 25.7 Å². The molecule has 2 N–H and O–H groups in total. The molecule has 80 valence electrons. The monoisotopic (exact) mass is 208 g/mol. The van der Waals surface area contributed by atoms with Crippen LogP contribution in [0.5, 0.6) is 0 Å². The zero-order valence-electron chi connectivity index (χ0n) is 8.79. The molecule has 0 spiro atoms. The summed E-state index contributed by atoms with van der Waals surface area (Å²) in [5, 5.41) is 0. The maximum atomic E-state index is 11.6. The second-order valence-electron chi connectivity index (χ2n) is 3.74. The van der Waals surface area contributed by atoms with Gasteiger partial charge in [0.15, 0.2) is 5.65 Å². The van der Waals surface area contributed by atoms with Crippen molar-refractivity contribution in [2.45, 2.75) is 26.8 Å². The third-order valence-corrected chi connectivity index (χ3v) is 2.21. The Morgan fingerprint density at radius 1 is 1.27 bits per heavy atom. The van der Waals surface area contributed by atoms with Gasteiger partial charge in [0.1, 0.15) is 11.3 Å². The third kappa shape index (κ3) is 1.38. The van der Waals surface area contributed by atoms with Gasteiger partial charge < -0.3 is 4.98 Å². The van der Waals surface area contributed by atoms with E-state index in [1.54, 1.807) is 6.92 Å². The minimum Gasteiger partial charge on any atom is -0.336 e. The van der Waals surface area contributed by atoms with Crippen molar-refractivity contribution in [1.29, 1.82) is 0 Å². The summed E-state index contributed by atoms with van der Waals surface area (Å²) in [6.45, 7) is 5.47. The molecule has 0 bridgehead atoms. The van der Waals surface area contributed by atoms with Crippen LogP contribution in [0.3, 0.4) is 0 Å². The van der Waals surface area contributed by atoms with Crippen LogP contribution >= 0.6 is 0 Å². The number of H-pyrrole nitrogens is 2. The van der Waals surface area contributed by atoms with Crippen LogP contribution in [0, 0.1) is 6.92 Å². The van der Waals surface area contributed by atoms with E-state index in [0.717, 1.165) is 0 Å². The number of nitrogens with one attached hydrogen (secondary N) is 2. The highest BCUT2D eigenvalue weighted by atomic mass is 16.2. The molecular formula is C9H12N4O2. The Morgan fingerprint density at radius 2 is 1.93 bits per heavy atom. The Labute approximate surface area is 85.0 Å². The molecule has 0 atom stereocenters. The lowest BCUT2D eigenvalue weighted by Gasteiger charge is -2.08. The molecule has 0 unspecified atom stereocenters. The number of aryl methyl sites for hydroxylation is 1. The topological polar surface area (TPSA) is 83.5 Å². The zero-order valence-corrected chi connectivity index (χ0v) is 8.79. The van der Waals surface area contributed by atoms with Crippen molar-refractivity contribution in [1.82, 2.24) is 19.5 Å². The highest BCUT2D eigenvalue weighted by Gasteiger charge is 2.12. The molecule has 2 rings (SSSR count). The van der Waals surface area contributed by atoms with Gasteiger partial charge in [0.2, 0.25) is 0 Å². The molecule has 0 fully saturated rings. The van der Waals surface area contributed by atoms with Crippen LogP contribution < -0.4 is 11.2 Å². The number of nitrogens with zero attached hydrogens (tertiary/aromatic N) is 2. The van der Waals surface area contributed by atoms with Crippen molar-refractivity contribution < 1.29 is 0 Å². The van der Waals surface area contributed by atoms with Gasteiger partial charge in [-0.3, -0.25) is 14.3 Å². The lowest BCUT2D eigenvalue weighted by Crippen LogP contribution is -2.31. The van der Waals surface area contributed by atoms with E-state index in [2.05, 4.69) is 15.0 Å². The summed E-state index contributed by atoms with van der Waals surface area (Å²) >= 11 is 0. The molecule has 0 radical (unpaired) electrons. The summed E-state index contributed by atoms with van der Waals surface area (Å²) < 4.78 is 1.46. The Morgan fingerprint density at radius 3 is 2.53 bits per heavy atom. The number of aromatic nitrogens is 4. The van der Waals surface area contributed by atoms with Gasteiger partial charge in [0.05, 0.1) is 0 Å². The van der Waals surface area contributed by atoms with Crippen LogP contribution in [0.25, 0.3) is 11.2 Å². The standard InChI is InChI=1S/C9H12N4O2/c1-4(2)13-7-6(10-5(3)11-7)8(14)12-9(13)15/h4H,1-3H3,(H,10,11)(H,12,14,15). The molecule has 2 aromatic heterocycles. The maximum Gasteiger partial charge on any atom is 0.330 e. The molecule has 0 aliphatic rings. The second-order valence-corrected chi connectivity index (χ2v) is 3.74. The molecule has 0 aliphatic heterocycles. The van der Waals surface area contributed by atoms with E-state index >= 15 is 0 Å². The molecule has 0 saturated carbocycles. The largest absolute Gasteiger partial charge is 0.336 e. The number of hydrogen-bond acceptors (Lipinski definition) is 3. The molecule has 2 aromatic rings. The van der Waals surface area contributed by atoms with Crippen LogP contribution in [-0.4, -0.2) is 19.5 Å². The fourth-order valence-corrected chi connectivity index (χ4v) is 1.61. The Hall–Kier alpha value is -1.85. The Kier molecular flexibility index (Phi) is 1.99. The summed E-state index contributed by atoms with van der Waals surface area (Å²) in [7, 11) is 0. The molecule has 15 heavy (non-hydrogen) atoms. The molecular weight excluding hydrogens is 196 g/mol. The number of aromatic amines is 2. The van der Waals surface area contributed by atoms with E-state index in [9.17, 15) is 9.59 Å². The molecule has 6 heteroatoms. The van der Waals surface area contributed by atoms with Crippen molar-refractivity contribution in [2.75, 3.05) is 0 Å². The predicted molar refractivity (Wildman–Crippen MR) is 56.1 cm³/mol. The van der Waals surface area contributed by atoms with Crippen LogP contribution in [-0.2, 0) is 0 Å². The summed E-state index contributed by atoms with van der Waals surface area (Å²) in [5.41, 5.74) is -0.0847. The van der Waals surface area contributed by atoms with E-state index < -0.39 is 11.2 Å². The van der Waals surface area contributed by atoms with Crippen LogP contribution in [0.2, 0.25) is 0 Å². The van der Waals surface area contributed by atoms with Gasteiger partial charge in [-0.2, -0.15) is 0 Å². The van der Waals surface area contributed by atoms with E-state index in [1.165, 1.54) is 4.57 Å². The van der Waals surface area contributed by atoms with Crippen molar-refractivity contribution in [2.24, 2.45) is 0 Å². The van der Waals surface area contributed by atoms with E-state index in [0.29, 0.717) is 17.0 Å². The Balaban J connectivity index is 3.02. The normalized spacial score (nSPS) is 11.5. The van der Waals surface area contributed by atoms with Gasteiger partial charge in [-0.1, -0.05) is 0 Å². The van der Waals surface area contributed by atoms with Gasteiger partial charge in [0.25, 0.3) is 5.56 Å². The summed E-state index contributed by atoms with van der Waals surface area (Å²) in [4.78, 5) is 32.2. The van der Waals surface area contributed by atoms with Gasteiger partial charge in [-0.15, -0.1) is 0 Å². The minimum atomic E-state index is -0.424. The lowest BCUT2D eigenvalue weighted by molar-refractivity contribution is 0.580. The van der Waals surface area contributed by atoms with Crippen LogP contribution in [0.15, 0.2) is 9.59 Å². The second kappa shape index (κ2) is 3.08. The Bertz CT molecular complexity index is 617. The average Bonchev–Trinajstić information content (AvgIpc) is 2.45. The quantitative estimate of drug-likeness (QED) is 0.707. The summed E-state index contributed by atoms with van der Waals surface area (Å²) in [6.07, 6.45) is 0. The lowest BCUT2D eigenvalue weighted by atomic mass is 10.4. The van der Waals surface area contributed by atoms with Crippen molar-refractivity contribution in [3.63, 3.8) is 0 Å². The number of rotatable bonds is 1. The first-order valence-corrected chi connectivity index (χ1v) is 4.72. The van der Waals surface area contributed by atoms with E-state index in [1.807, 2.05) is 13.8 Å². The molecule has 0 saturated heterocycles. The molecule has 0 amide bonds. The highest BCUT2D eigenvalue weighted by Crippen LogP contribution is 2.08. The molecule has 0 aliphatic carbocycles. The number of imidazole rings is 1. The zero-order chi connectivity index (χ0) is 11.2. The molecule has 2 heterocycles. The minimum absolute atomic E-state index is 0.0421. The fraction of sp³-hybridized carbons (Fsp3) is 0.444. The predicted octanol–water partition coefficient (Wildman–Crippen LogP) is 0.302. The van der Waals surface area contributed by atoms with E-state index in [4.69, 9.17) is 0 Å². The first-order chi connectivity index (χ1) is 7.00. The molecule has 6 nitrogen and oxygen atoms in total.